The van der Waals surface area contributed by atoms with E-state index in [2.05, 4.69) is 5.16 Å². The van der Waals surface area contributed by atoms with E-state index in [0.29, 0.717) is 23.4 Å². The van der Waals surface area contributed by atoms with Gasteiger partial charge in [0.05, 0.1) is 25.5 Å². The Kier molecular flexibility index (Phi) is 4.88. The molecule has 1 heterocycles. The molecular formula is C19H19NO5. The molecule has 6 nitrogen and oxygen atoms in total. The molecule has 2 aromatic rings. The van der Waals surface area contributed by atoms with Crippen molar-refractivity contribution >= 4 is 11.7 Å². The lowest BCUT2D eigenvalue weighted by Gasteiger charge is -2.27. The van der Waals surface area contributed by atoms with E-state index in [4.69, 9.17) is 19.0 Å². The standard InChI is InChI=1S/C19H19NO5/c1-22-14-6-4-5-12(9-14)18-11-16(20-24-3)15-10-13(19(21)23-2)7-8-17(15)25-18/h4-10,18H,11H2,1-3H3. The van der Waals surface area contributed by atoms with E-state index in [9.17, 15) is 4.79 Å². The van der Waals surface area contributed by atoms with E-state index in [-0.39, 0.29) is 6.10 Å². The average Bonchev–Trinajstić information content (AvgIpc) is 2.67. The fourth-order valence-electron chi connectivity index (χ4n) is 2.81. The van der Waals surface area contributed by atoms with Gasteiger partial charge in [-0.3, -0.25) is 0 Å². The summed E-state index contributed by atoms with van der Waals surface area (Å²) in [6.07, 6.45) is 0.291. The zero-order valence-corrected chi connectivity index (χ0v) is 14.3. The molecule has 0 saturated heterocycles. The Morgan fingerprint density at radius 2 is 2.00 bits per heavy atom. The lowest BCUT2D eigenvalue weighted by molar-refractivity contribution is 0.0600. The molecule has 0 N–H and O–H groups in total. The first-order chi connectivity index (χ1) is 12.2. The van der Waals surface area contributed by atoms with Gasteiger partial charge in [0.2, 0.25) is 0 Å². The Morgan fingerprint density at radius 1 is 1.16 bits per heavy atom. The average molecular weight is 341 g/mol. The summed E-state index contributed by atoms with van der Waals surface area (Å²) in [7, 11) is 4.47. The number of benzene rings is 2. The van der Waals surface area contributed by atoms with E-state index in [1.54, 1.807) is 25.3 Å². The zero-order chi connectivity index (χ0) is 17.8. The zero-order valence-electron chi connectivity index (χ0n) is 14.3. The number of carbonyl (C=O) groups excluding carboxylic acids is 1. The van der Waals surface area contributed by atoms with Gasteiger partial charge in [-0.2, -0.15) is 0 Å². The molecule has 3 rings (SSSR count). The Labute approximate surface area is 146 Å². The van der Waals surface area contributed by atoms with E-state index in [1.807, 2.05) is 24.3 Å². The van der Waals surface area contributed by atoms with Crippen LogP contribution in [0.4, 0.5) is 0 Å². The van der Waals surface area contributed by atoms with E-state index >= 15 is 0 Å². The smallest absolute Gasteiger partial charge is 0.337 e. The maximum absolute atomic E-state index is 11.8. The van der Waals surface area contributed by atoms with Gasteiger partial charge in [0, 0.05) is 12.0 Å². The predicted molar refractivity (Wildman–Crippen MR) is 92.3 cm³/mol. The summed E-state index contributed by atoms with van der Waals surface area (Å²) in [6, 6.07) is 12.8. The fraction of sp³-hybridized carbons (Fsp3) is 0.263. The highest BCUT2D eigenvalue weighted by molar-refractivity contribution is 6.05. The summed E-state index contributed by atoms with van der Waals surface area (Å²) >= 11 is 0. The van der Waals surface area contributed by atoms with Crippen LogP contribution < -0.4 is 9.47 Å². The lowest BCUT2D eigenvalue weighted by Crippen LogP contribution is -2.22. The first-order valence-corrected chi connectivity index (χ1v) is 7.79. The molecule has 25 heavy (non-hydrogen) atoms. The second-order valence-electron chi connectivity index (χ2n) is 5.51. The molecule has 130 valence electrons. The number of carbonyl (C=O) groups is 1. The second kappa shape index (κ2) is 7.25. The van der Waals surface area contributed by atoms with Gasteiger partial charge in [0.1, 0.15) is 24.7 Å². The maximum Gasteiger partial charge on any atom is 0.337 e. The molecular weight excluding hydrogens is 322 g/mol. The molecule has 0 radical (unpaired) electrons. The topological polar surface area (TPSA) is 66.3 Å². The van der Waals surface area contributed by atoms with Gasteiger partial charge in [0.25, 0.3) is 0 Å². The van der Waals surface area contributed by atoms with Crippen molar-refractivity contribution < 1.29 is 23.8 Å². The fourth-order valence-corrected chi connectivity index (χ4v) is 2.81. The van der Waals surface area contributed by atoms with Crippen LogP contribution in [0.3, 0.4) is 0 Å². The van der Waals surface area contributed by atoms with Crippen LogP contribution in [0.15, 0.2) is 47.6 Å². The Bertz CT molecular complexity index is 815. The van der Waals surface area contributed by atoms with Crippen LogP contribution in [0.5, 0.6) is 11.5 Å². The molecule has 0 aliphatic carbocycles. The Balaban J connectivity index is 1.99. The lowest BCUT2D eigenvalue weighted by atomic mass is 9.94. The molecule has 2 aromatic carbocycles. The summed E-state index contributed by atoms with van der Waals surface area (Å²) in [5.41, 5.74) is 2.85. The number of ether oxygens (including phenoxy) is 3. The number of hydrogen-bond donors (Lipinski definition) is 0. The van der Waals surface area contributed by atoms with E-state index in [0.717, 1.165) is 16.9 Å². The number of hydrogen-bond acceptors (Lipinski definition) is 6. The molecule has 0 bridgehead atoms. The summed E-state index contributed by atoms with van der Waals surface area (Å²) < 4.78 is 16.2. The Morgan fingerprint density at radius 3 is 2.72 bits per heavy atom. The molecule has 0 saturated carbocycles. The van der Waals surface area contributed by atoms with Crippen molar-refractivity contribution in [3.63, 3.8) is 0 Å². The molecule has 0 amide bonds. The summed E-state index contributed by atoms with van der Waals surface area (Å²) in [5, 5.41) is 4.12. The summed E-state index contributed by atoms with van der Waals surface area (Å²) in [4.78, 5) is 16.8. The predicted octanol–water partition coefficient (Wildman–Crippen LogP) is 3.36. The van der Waals surface area contributed by atoms with Crippen LogP contribution in [0.25, 0.3) is 0 Å². The minimum absolute atomic E-state index is 0.222. The van der Waals surface area contributed by atoms with Crippen molar-refractivity contribution in [1.82, 2.24) is 0 Å². The minimum atomic E-state index is -0.408. The number of methoxy groups -OCH3 is 2. The number of oxime groups is 1. The third kappa shape index (κ3) is 3.42. The number of fused-ring (bicyclic) bond motifs is 1. The quantitative estimate of drug-likeness (QED) is 0.630. The Hall–Kier alpha value is -3.02. The monoisotopic (exact) mass is 341 g/mol. The third-order valence-electron chi connectivity index (χ3n) is 4.03. The summed E-state index contributed by atoms with van der Waals surface area (Å²) in [6.45, 7) is 0. The van der Waals surface area contributed by atoms with Gasteiger partial charge in [-0.25, -0.2) is 4.79 Å². The van der Waals surface area contributed by atoms with Crippen LogP contribution in [0, 0.1) is 0 Å². The molecule has 1 unspecified atom stereocenters. The van der Waals surface area contributed by atoms with Gasteiger partial charge in [0.15, 0.2) is 0 Å². The second-order valence-corrected chi connectivity index (χ2v) is 5.51. The van der Waals surface area contributed by atoms with Crippen molar-refractivity contribution in [2.75, 3.05) is 21.3 Å². The number of esters is 1. The number of nitrogens with zero attached hydrogens (tertiary/aromatic N) is 1. The third-order valence-corrected chi connectivity index (χ3v) is 4.03. The van der Waals surface area contributed by atoms with Crippen molar-refractivity contribution in [2.45, 2.75) is 12.5 Å². The molecule has 6 heteroatoms. The highest BCUT2D eigenvalue weighted by Crippen LogP contribution is 2.36. The largest absolute Gasteiger partial charge is 0.497 e. The van der Waals surface area contributed by atoms with Crippen molar-refractivity contribution in [1.29, 1.82) is 0 Å². The van der Waals surface area contributed by atoms with E-state index in [1.165, 1.54) is 14.2 Å². The van der Waals surface area contributed by atoms with Crippen LogP contribution >= 0.6 is 0 Å². The van der Waals surface area contributed by atoms with Gasteiger partial charge < -0.3 is 19.0 Å². The number of rotatable bonds is 4. The molecule has 0 spiro atoms. The normalized spacial score (nSPS) is 17.4. The molecule has 1 aliphatic rings. The SMILES string of the molecule is CON=C1CC(c2cccc(OC)c2)Oc2ccc(C(=O)OC)cc21. The molecule has 1 atom stereocenters. The highest BCUT2D eigenvalue weighted by Gasteiger charge is 2.28. The first kappa shape index (κ1) is 16.8. The maximum atomic E-state index is 11.8. The van der Waals surface area contributed by atoms with Gasteiger partial charge in [-0.15, -0.1) is 0 Å². The minimum Gasteiger partial charge on any atom is -0.497 e. The van der Waals surface area contributed by atoms with Crippen molar-refractivity contribution in [2.24, 2.45) is 5.16 Å². The van der Waals surface area contributed by atoms with Crippen molar-refractivity contribution in [3.8, 4) is 11.5 Å². The molecule has 1 aliphatic heterocycles. The molecule has 0 aromatic heterocycles. The molecule has 0 fully saturated rings. The van der Waals surface area contributed by atoms with E-state index < -0.39 is 5.97 Å². The van der Waals surface area contributed by atoms with Crippen LogP contribution in [-0.4, -0.2) is 33.0 Å². The van der Waals surface area contributed by atoms with Gasteiger partial charge in [-0.05, 0) is 35.9 Å². The summed E-state index contributed by atoms with van der Waals surface area (Å²) in [5.74, 6) is 0.996. The van der Waals surface area contributed by atoms with Gasteiger partial charge in [-0.1, -0.05) is 17.3 Å². The highest BCUT2D eigenvalue weighted by atomic mass is 16.6. The van der Waals surface area contributed by atoms with Crippen molar-refractivity contribution in [3.05, 3.63) is 59.2 Å². The van der Waals surface area contributed by atoms with Crippen LogP contribution in [0.2, 0.25) is 0 Å². The first-order valence-electron chi connectivity index (χ1n) is 7.79. The van der Waals surface area contributed by atoms with Gasteiger partial charge >= 0.3 is 5.97 Å². The van der Waals surface area contributed by atoms with Crippen LogP contribution in [0.1, 0.15) is 34.0 Å². The van der Waals surface area contributed by atoms with Crippen LogP contribution in [-0.2, 0) is 9.57 Å².